The van der Waals surface area contributed by atoms with Crippen LogP contribution < -0.4 is 5.32 Å². The average Bonchev–Trinajstić information content (AvgIpc) is 3.84. The highest BCUT2D eigenvalue weighted by molar-refractivity contribution is 7.26. The van der Waals surface area contributed by atoms with E-state index in [9.17, 15) is 0 Å². The molecule has 0 saturated heterocycles. The maximum Gasteiger partial charge on any atom is 0.159 e. The van der Waals surface area contributed by atoms with Gasteiger partial charge >= 0.3 is 0 Å². The third-order valence-electron chi connectivity index (χ3n) is 12.3. The van der Waals surface area contributed by atoms with E-state index in [1.165, 1.54) is 79.7 Å². The number of nitrogens with one attached hydrogen (secondary N) is 1. The molecule has 1 atom stereocenters. The zero-order valence-corrected chi connectivity index (χ0v) is 33.1. The summed E-state index contributed by atoms with van der Waals surface area (Å²) in [5, 5.41) is 18.4. The van der Waals surface area contributed by atoms with Crippen LogP contribution in [-0.4, -0.2) is 16.2 Å². The largest absolute Gasteiger partial charge is 0.344 e. The lowest BCUT2D eigenvalue weighted by Gasteiger charge is -2.25. The van der Waals surface area contributed by atoms with Gasteiger partial charge in [-0.25, -0.2) is 9.98 Å². The second-order valence-corrected chi connectivity index (χ2v) is 16.9. The molecule has 0 radical (unpaired) electrons. The molecule has 1 aliphatic heterocycles. The maximum atomic E-state index is 5.43. The van der Waals surface area contributed by atoms with Gasteiger partial charge in [-0.3, -0.25) is 0 Å². The molecule has 5 heteroatoms. The van der Waals surface area contributed by atoms with Crippen LogP contribution in [0.1, 0.15) is 22.9 Å². The van der Waals surface area contributed by atoms with Crippen molar-refractivity contribution in [1.82, 2.24) is 9.88 Å². The van der Waals surface area contributed by atoms with Crippen LogP contribution in [0.3, 0.4) is 0 Å². The number of hydrogen-bond acceptors (Lipinski definition) is 4. The number of nitrogens with zero attached hydrogens (tertiary/aromatic N) is 3. The topological polar surface area (TPSA) is 41.7 Å². The minimum atomic E-state index is -0.366. The standard InChI is InChI=1S/C55H34N4S/c1-2-14-35-26-40(25-24-33(35)12-1)53-56-54(58-55(57-53)44-22-11-19-34-13-7-8-20-42(34)44)41-29-47-43-21-9-10-23-51(43)60-52(47)50(32-41)59-48-30-38-17-5-3-15-36(38)27-45(48)46-28-37-16-4-6-18-39(37)31-49(46)59/h1-32,55H,(H,56,57,58). The molecule has 13 rings (SSSR count). The monoisotopic (exact) mass is 782 g/mol. The van der Waals surface area contributed by atoms with E-state index < -0.39 is 0 Å². The first-order chi connectivity index (χ1) is 29.7. The molecule has 0 saturated carbocycles. The first kappa shape index (κ1) is 33.4. The Morgan fingerprint density at radius 1 is 0.433 bits per heavy atom. The highest BCUT2D eigenvalue weighted by Crippen LogP contribution is 2.43. The fraction of sp³-hybridized carbons (Fsp3) is 0.0182. The molecule has 2 aromatic heterocycles. The summed E-state index contributed by atoms with van der Waals surface area (Å²) in [7, 11) is 0. The van der Waals surface area contributed by atoms with Crippen LogP contribution >= 0.6 is 11.3 Å². The molecule has 12 aromatic rings. The Balaban J connectivity index is 1.11. The smallest absolute Gasteiger partial charge is 0.159 e. The Hall–Kier alpha value is -7.60. The molecule has 4 nitrogen and oxygen atoms in total. The van der Waals surface area contributed by atoms with Crippen molar-refractivity contribution in [3.63, 3.8) is 0 Å². The van der Waals surface area contributed by atoms with E-state index in [0.717, 1.165) is 33.6 Å². The number of amidine groups is 2. The van der Waals surface area contributed by atoms with Crippen LogP contribution in [0.5, 0.6) is 0 Å². The summed E-state index contributed by atoms with van der Waals surface area (Å²) in [5.74, 6) is 1.50. The summed E-state index contributed by atoms with van der Waals surface area (Å²) in [6.45, 7) is 0. The van der Waals surface area contributed by atoms with Crippen LogP contribution in [-0.2, 0) is 0 Å². The lowest BCUT2D eigenvalue weighted by Crippen LogP contribution is -2.33. The predicted molar refractivity (Wildman–Crippen MR) is 256 cm³/mol. The SMILES string of the molecule is c1ccc2cc(C3=NC(c4cccc5ccccc45)NC(c4cc(-n5c6cc7ccccc7cc6c6cc7ccccc7cc65)c5sc6ccccc6c5c4)=N3)ccc2c1. The summed E-state index contributed by atoms with van der Waals surface area (Å²) >= 11 is 1.86. The second kappa shape index (κ2) is 13.0. The Morgan fingerprint density at radius 2 is 1.02 bits per heavy atom. The maximum absolute atomic E-state index is 5.43. The second-order valence-electron chi connectivity index (χ2n) is 15.8. The summed E-state index contributed by atoms with van der Waals surface area (Å²) in [5.41, 5.74) is 6.61. The zero-order chi connectivity index (χ0) is 39.3. The summed E-state index contributed by atoms with van der Waals surface area (Å²) in [6.07, 6.45) is -0.366. The van der Waals surface area contributed by atoms with E-state index in [2.05, 4.69) is 204 Å². The van der Waals surface area contributed by atoms with Gasteiger partial charge in [0.2, 0.25) is 0 Å². The van der Waals surface area contributed by atoms with Gasteiger partial charge in [0.05, 0.1) is 21.4 Å². The molecule has 1 unspecified atom stereocenters. The van der Waals surface area contributed by atoms with E-state index in [1.54, 1.807) is 0 Å². The first-order valence-corrected chi connectivity index (χ1v) is 21.2. The third-order valence-corrected chi connectivity index (χ3v) is 13.6. The van der Waals surface area contributed by atoms with Gasteiger partial charge in [-0.1, -0.05) is 146 Å². The Bertz CT molecular complexity index is 3730. The van der Waals surface area contributed by atoms with Crippen LogP contribution in [0.2, 0.25) is 0 Å². The van der Waals surface area contributed by atoms with E-state index in [0.29, 0.717) is 5.84 Å². The fourth-order valence-corrected chi connectivity index (χ4v) is 10.6. The number of hydrogen-bond donors (Lipinski definition) is 1. The van der Waals surface area contributed by atoms with Crippen molar-refractivity contribution in [2.45, 2.75) is 6.17 Å². The van der Waals surface area contributed by atoms with Gasteiger partial charge in [-0.15, -0.1) is 11.3 Å². The minimum Gasteiger partial charge on any atom is -0.344 e. The van der Waals surface area contributed by atoms with Crippen molar-refractivity contribution in [1.29, 1.82) is 0 Å². The minimum absolute atomic E-state index is 0.366. The highest BCUT2D eigenvalue weighted by atomic mass is 32.1. The quantitative estimate of drug-likeness (QED) is 0.190. The normalized spacial score (nSPS) is 14.5. The molecule has 0 fully saturated rings. The van der Waals surface area contributed by atoms with Gasteiger partial charge in [-0.05, 0) is 91.6 Å². The van der Waals surface area contributed by atoms with Crippen LogP contribution in [0, 0.1) is 0 Å². The van der Waals surface area contributed by atoms with Crippen molar-refractivity contribution < 1.29 is 0 Å². The molecule has 0 spiro atoms. The Morgan fingerprint density at radius 3 is 1.73 bits per heavy atom. The molecular weight excluding hydrogens is 749 g/mol. The van der Waals surface area contributed by atoms with E-state index in [-0.39, 0.29) is 6.17 Å². The van der Waals surface area contributed by atoms with Crippen LogP contribution in [0.25, 0.3) is 90.8 Å². The average molecular weight is 783 g/mol. The molecule has 1 N–H and O–H groups in total. The van der Waals surface area contributed by atoms with Gasteiger partial charge in [0.25, 0.3) is 0 Å². The Labute approximate surface area is 349 Å². The molecular formula is C55H34N4S. The zero-order valence-electron chi connectivity index (χ0n) is 32.3. The molecule has 0 bridgehead atoms. The number of rotatable bonds is 4. The van der Waals surface area contributed by atoms with E-state index in [4.69, 9.17) is 9.98 Å². The molecule has 0 amide bonds. The number of thiophene rings is 1. The van der Waals surface area contributed by atoms with Crippen molar-refractivity contribution in [3.8, 4) is 5.69 Å². The third kappa shape index (κ3) is 5.16. The van der Waals surface area contributed by atoms with Gasteiger partial charge in [0.15, 0.2) is 5.84 Å². The van der Waals surface area contributed by atoms with Crippen molar-refractivity contribution in [3.05, 3.63) is 211 Å². The number of benzene rings is 10. The molecule has 280 valence electrons. The lowest BCUT2D eigenvalue weighted by atomic mass is 10.0. The number of fused-ring (bicyclic) bond motifs is 10. The summed E-state index contributed by atoms with van der Waals surface area (Å²) in [6, 6.07) is 70.5. The molecule has 1 aliphatic rings. The number of aliphatic imine (C=N–C) groups is 2. The van der Waals surface area contributed by atoms with Gasteiger partial charge in [-0.2, -0.15) is 0 Å². The summed E-state index contributed by atoms with van der Waals surface area (Å²) < 4.78 is 5.01. The Kier molecular flexibility index (Phi) is 7.21. The van der Waals surface area contributed by atoms with Gasteiger partial charge in [0, 0.05) is 42.9 Å². The van der Waals surface area contributed by atoms with Crippen molar-refractivity contribution in [2.75, 3.05) is 0 Å². The van der Waals surface area contributed by atoms with Crippen molar-refractivity contribution in [2.24, 2.45) is 9.98 Å². The fourth-order valence-electron chi connectivity index (χ4n) is 9.46. The molecule has 0 aliphatic carbocycles. The van der Waals surface area contributed by atoms with Gasteiger partial charge in [0.1, 0.15) is 12.0 Å². The number of aromatic nitrogens is 1. The van der Waals surface area contributed by atoms with Gasteiger partial charge < -0.3 is 9.88 Å². The van der Waals surface area contributed by atoms with Crippen molar-refractivity contribution >= 4 is 108 Å². The highest BCUT2D eigenvalue weighted by Gasteiger charge is 2.26. The molecule has 3 heterocycles. The lowest BCUT2D eigenvalue weighted by molar-refractivity contribution is 0.679. The van der Waals surface area contributed by atoms with E-state index in [1.807, 2.05) is 11.3 Å². The van der Waals surface area contributed by atoms with E-state index >= 15 is 0 Å². The van der Waals surface area contributed by atoms with Crippen LogP contribution in [0.15, 0.2) is 204 Å². The molecule has 60 heavy (non-hydrogen) atoms. The first-order valence-electron chi connectivity index (χ1n) is 20.4. The summed E-state index contributed by atoms with van der Waals surface area (Å²) in [4.78, 5) is 10.8. The predicted octanol–water partition coefficient (Wildman–Crippen LogP) is 14.3. The molecule has 10 aromatic carbocycles. The van der Waals surface area contributed by atoms with Crippen LogP contribution in [0.4, 0.5) is 0 Å².